The Bertz CT molecular complexity index is 907. The van der Waals surface area contributed by atoms with Crippen molar-refractivity contribution in [2.45, 2.75) is 6.92 Å². The van der Waals surface area contributed by atoms with E-state index in [9.17, 15) is 4.79 Å². The number of benzene rings is 1. The number of hydrogen-bond acceptors (Lipinski definition) is 5. The molecule has 3 N–H and O–H groups in total. The molecule has 0 atom stereocenters. The molecule has 1 aliphatic rings. The van der Waals surface area contributed by atoms with Gasteiger partial charge in [0.1, 0.15) is 5.69 Å². The lowest BCUT2D eigenvalue weighted by Crippen LogP contribution is -2.36. The number of hydrogen-bond donors (Lipinski definition) is 2. The van der Waals surface area contributed by atoms with E-state index in [1.807, 2.05) is 6.07 Å². The fraction of sp³-hybridized carbons (Fsp3) is 0.312. The van der Waals surface area contributed by atoms with Crippen LogP contribution in [0.4, 0.5) is 10.5 Å². The van der Waals surface area contributed by atoms with Gasteiger partial charge < -0.3 is 20.4 Å². The van der Waals surface area contributed by atoms with Crippen molar-refractivity contribution in [2.75, 3.05) is 31.2 Å². The number of nitrogens with two attached hydrogens (primary N) is 1. The third kappa shape index (κ3) is 2.41. The first kappa shape index (κ1) is 14.7. The van der Waals surface area contributed by atoms with Crippen LogP contribution in [0.3, 0.4) is 0 Å². The fourth-order valence-electron chi connectivity index (χ4n) is 2.98. The number of ether oxygens (including phenoxy) is 1. The van der Waals surface area contributed by atoms with Crippen LogP contribution in [-0.4, -0.2) is 52.1 Å². The van der Waals surface area contributed by atoms with Crippen molar-refractivity contribution >= 4 is 22.8 Å². The Labute approximate surface area is 138 Å². The summed E-state index contributed by atoms with van der Waals surface area (Å²) in [5, 5.41) is 4.08. The zero-order valence-corrected chi connectivity index (χ0v) is 13.2. The van der Waals surface area contributed by atoms with Crippen LogP contribution in [0.1, 0.15) is 5.56 Å². The van der Waals surface area contributed by atoms with E-state index < -0.39 is 6.03 Å². The van der Waals surface area contributed by atoms with Crippen molar-refractivity contribution < 1.29 is 9.53 Å². The second kappa shape index (κ2) is 5.64. The summed E-state index contributed by atoms with van der Waals surface area (Å²) in [4.78, 5) is 21.3. The van der Waals surface area contributed by atoms with E-state index in [0.717, 1.165) is 53.3 Å². The summed E-state index contributed by atoms with van der Waals surface area (Å²) in [6.45, 7) is 5.29. The lowest BCUT2D eigenvalue weighted by Gasteiger charge is -2.30. The van der Waals surface area contributed by atoms with Gasteiger partial charge in [0.05, 0.1) is 24.2 Å². The van der Waals surface area contributed by atoms with E-state index in [-0.39, 0.29) is 0 Å². The van der Waals surface area contributed by atoms with Crippen LogP contribution in [0.25, 0.3) is 22.6 Å². The van der Waals surface area contributed by atoms with Gasteiger partial charge in [-0.15, -0.1) is 0 Å². The number of morpholine rings is 1. The average molecular weight is 325 g/mol. The number of nitrogens with one attached hydrogen (secondary N) is 1. The Kier molecular flexibility index (Phi) is 3.46. The van der Waals surface area contributed by atoms with E-state index in [2.05, 4.69) is 39.0 Å². The lowest BCUT2D eigenvalue weighted by molar-refractivity contribution is 0.122. The molecule has 1 radical (unpaired) electrons. The molecule has 0 aliphatic carbocycles. The topological polar surface area (TPSA) is 102 Å². The molecule has 2 aromatic heterocycles. The molecule has 3 heterocycles. The van der Waals surface area contributed by atoms with Crippen molar-refractivity contribution in [1.29, 1.82) is 0 Å². The number of H-pyrrole nitrogens is 1. The smallest absolute Gasteiger partial charge is 0.339 e. The molecule has 0 spiro atoms. The molecule has 1 fully saturated rings. The Morgan fingerprint density at radius 3 is 2.88 bits per heavy atom. The van der Waals surface area contributed by atoms with Crippen LogP contribution in [0.5, 0.6) is 0 Å². The molecule has 1 amide bonds. The predicted molar refractivity (Wildman–Crippen MR) is 88.9 cm³/mol. The van der Waals surface area contributed by atoms with Gasteiger partial charge in [-0.05, 0) is 19.1 Å². The maximum atomic E-state index is 11.1. The van der Waals surface area contributed by atoms with Gasteiger partial charge in [-0.2, -0.15) is 9.78 Å². The number of carbonyl (C=O) groups is 1. The third-order valence-electron chi connectivity index (χ3n) is 4.21. The molecule has 8 heteroatoms. The monoisotopic (exact) mass is 325 g/mol. The van der Waals surface area contributed by atoms with Crippen molar-refractivity contribution in [3.8, 4) is 11.5 Å². The van der Waals surface area contributed by atoms with Crippen molar-refractivity contribution in [1.82, 2.24) is 19.7 Å². The van der Waals surface area contributed by atoms with Gasteiger partial charge in [0, 0.05) is 36.6 Å². The minimum Gasteiger partial charge on any atom is -0.378 e. The molecule has 1 saturated heterocycles. The van der Waals surface area contributed by atoms with E-state index in [4.69, 9.17) is 10.5 Å². The number of imidazole rings is 1. The molecule has 4 rings (SSSR count). The summed E-state index contributed by atoms with van der Waals surface area (Å²) in [6, 6.07) is 6.34. The normalized spacial score (nSPS) is 15.1. The molecule has 1 aliphatic heterocycles. The van der Waals surface area contributed by atoms with Gasteiger partial charge in [0.15, 0.2) is 5.82 Å². The van der Waals surface area contributed by atoms with Gasteiger partial charge in [-0.3, -0.25) is 0 Å². The van der Waals surface area contributed by atoms with E-state index in [1.165, 1.54) is 6.20 Å². The molecule has 8 nitrogen and oxygen atoms in total. The summed E-state index contributed by atoms with van der Waals surface area (Å²) >= 11 is 0. The van der Waals surface area contributed by atoms with Gasteiger partial charge >= 0.3 is 6.03 Å². The quantitative estimate of drug-likeness (QED) is 0.739. The van der Waals surface area contributed by atoms with Crippen LogP contribution in [0.15, 0.2) is 18.3 Å². The molecule has 123 valence electrons. The average Bonchev–Trinajstić information content (AvgIpc) is 3.23. The number of aryl methyl sites for hydroxylation is 1. The summed E-state index contributed by atoms with van der Waals surface area (Å²) in [5.74, 6) is 0.562. The van der Waals surface area contributed by atoms with Crippen molar-refractivity contribution in [3.63, 3.8) is 0 Å². The minimum absolute atomic E-state index is 0.456. The van der Waals surface area contributed by atoms with Crippen LogP contribution in [0, 0.1) is 13.0 Å². The number of primary amides is 1. The second-order valence-electron chi connectivity index (χ2n) is 5.70. The van der Waals surface area contributed by atoms with Crippen molar-refractivity contribution in [3.05, 3.63) is 30.0 Å². The molecule has 0 saturated carbocycles. The summed E-state index contributed by atoms with van der Waals surface area (Å²) in [5.41, 5.74) is 9.73. The molecular weight excluding hydrogens is 308 g/mol. The number of carbonyl (C=O) groups excluding carboxylic acids is 1. The van der Waals surface area contributed by atoms with Crippen LogP contribution >= 0.6 is 0 Å². The molecule has 0 bridgehead atoms. The van der Waals surface area contributed by atoms with E-state index in [1.54, 1.807) is 0 Å². The Morgan fingerprint density at radius 2 is 2.17 bits per heavy atom. The van der Waals surface area contributed by atoms with Crippen LogP contribution < -0.4 is 10.6 Å². The third-order valence-corrected chi connectivity index (χ3v) is 4.21. The Balaban J connectivity index is 1.74. The Morgan fingerprint density at radius 1 is 1.38 bits per heavy atom. The Hall–Kier alpha value is -2.87. The molecule has 0 unspecified atom stereocenters. The van der Waals surface area contributed by atoms with E-state index in [0.29, 0.717) is 11.5 Å². The minimum atomic E-state index is -0.653. The van der Waals surface area contributed by atoms with Crippen molar-refractivity contribution in [2.24, 2.45) is 5.73 Å². The predicted octanol–water partition coefficient (Wildman–Crippen LogP) is 1.30. The first-order chi connectivity index (χ1) is 11.6. The number of aromatic nitrogens is 4. The maximum Gasteiger partial charge on any atom is 0.339 e. The first-order valence-electron chi connectivity index (χ1n) is 7.73. The van der Waals surface area contributed by atoms with Crippen LogP contribution in [-0.2, 0) is 4.74 Å². The van der Waals surface area contributed by atoms with Gasteiger partial charge in [-0.1, -0.05) is 0 Å². The zero-order valence-electron chi connectivity index (χ0n) is 13.2. The maximum absolute atomic E-state index is 11.1. The lowest BCUT2D eigenvalue weighted by atomic mass is 10.1. The SMILES string of the molecule is Cc1c(N2CCOCC2)ccc2[nH]c(-c3[c]cn(C(N)=O)n3)nc12. The second-order valence-corrected chi connectivity index (χ2v) is 5.70. The number of fused-ring (bicyclic) bond motifs is 1. The highest BCUT2D eigenvalue weighted by Crippen LogP contribution is 2.29. The first-order valence-corrected chi connectivity index (χ1v) is 7.73. The zero-order chi connectivity index (χ0) is 16.7. The highest BCUT2D eigenvalue weighted by Gasteiger charge is 2.17. The number of aromatic amines is 1. The number of nitrogens with zero attached hydrogens (tertiary/aromatic N) is 4. The summed E-state index contributed by atoms with van der Waals surface area (Å²) in [6.07, 6.45) is 1.40. The standard InChI is InChI=1S/C16H17N6O2/c1-10-13(21-6-8-24-9-7-21)3-2-11-14(10)19-15(18-11)12-4-5-22(20-12)16(17)23/h2-3,5H,6-9H2,1H3,(H2,17,23)(H,18,19). The number of amides is 1. The molecule has 3 aromatic rings. The van der Waals surface area contributed by atoms with E-state index >= 15 is 0 Å². The van der Waals surface area contributed by atoms with Gasteiger partial charge in [-0.25, -0.2) is 9.78 Å². The van der Waals surface area contributed by atoms with Gasteiger partial charge in [0.2, 0.25) is 0 Å². The van der Waals surface area contributed by atoms with Crippen LogP contribution in [0.2, 0.25) is 0 Å². The molecular formula is C16H17N6O2. The van der Waals surface area contributed by atoms with Gasteiger partial charge in [0.25, 0.3) is 0 Å². The largest absolute Gasteiger partial charge is 0.378 e. The molecule has 1 aromatic carbocycles. The molecule has 24 heavy (non-hydrogen) atoms. The highest BCUT2D eigenvalue weighted by molar-refractivity contribution is 5.87. The number of anilines is 1. The highest BCUT2D eigenvalue weighted by atomic mass is 16.5. The summed E-state index contributed by atoms with van der Waals surface area (Å²) < 4.78 is 6.45. The fourth-order valence-corrected chi connectivity index (χ4v) is 2.98. The number of rotatable bonds is 2. The summed E-state index contributed by atoms with van der Waals surface area (Å²) in [7, 11) is 0.